The fourth-order valence-electron chi connectivity index (χ4n) is 4.69. The van der Waals surface area contributed by atoms with Crippen LogP contribution in [-0.4, -0.2) is 74.8 Å². The summed E-state index contributed by atoms with van der Waals surface area (Å²) in [5.74, 6) is 0.305. The van der Waals surface area contributed by atoms with Crippen molar-refractivity contribution in [1.82, 2.24) is 24.4 Å². The molecule has 0 saturated carbocycles. The van der Waals surface area contributed by atoms with Crippen molar-refractivity contribution in [2.75, 3.05) is 49.5 Å². The smallest absolute Gasteiger partial charge is 0.273 e. The Morgan fingerprint density at radius 2 is 1.76 bits per heavy atom. The highest BCUT2D eigenvalue weighted by Gasteiger charge is 2.21. The van der Waals surface area contributed by atoms with Crippen LogP contribution in [0.4, 0.5) is 11.4 Å². The number of piperazine rings is 1. The van der Waals surface area contributed by atoms with Crippen molar-refractivity contribution < 1.29 is 9.90 Å². The van der Waals surface area contributed by atoms with Gasteiger partial charge < -0.3 is 24.9 Å². The van der Waals surface area contributed by atoms with E-state index in [9.17, 15) is 4.79 Å². The Bertz CT molecular complexity index is 1370. The van der Waals surface area contributed by atoms with Crippen LogP contribution in [0.1, 0.15) is 30.4 Å². The molecule has 0 atom stereocenters. The molecular formula is C28H32ClN7O2. The average molecular weight is 534 g/mol. The van der Waals surface area contributed by atoms with E-state index in [0.717, 1.165) is 55.4 Å². The van der Waals surface area contributed by atoms with Gasteiger partial charge in [-0.2, -0.15) is 0 Å². The Labute approximate surface area is 227 Å². The van der Waals surface area contributed by atoms with E-state index in [-0.39, 0.29) is 18.6 Å². The minimum Gasteiger partial charge on any atom is -0.395 e. The predicted octanol–water partition coefficient (Wildman–Crippen LogP) is 4.54. The number of amides is 1. The van der Waals surface area contributed by atoms with Gasteiger partial charge in [-0.25, -0.2) is 9.97 Å². The highest BCUT2D eigenvalue weighted by molar-refractivity contribution is 6.30. The largest absolute Gasteiger partial charge is 0.395 e. The molecule has 5 rings (SSSR count). The number of aliphatic hydroxyl groups excluding tert-OH is 1. The number of nitrogens with zero attached hydrogens (tertiary/aromatic N) is 5. The molecule has 1 saturated heterocycles. The summed E-state index contributed by atoms with van der Waals surface area (Å²) in [6.07, 6.45) is 3.34. The number of nitrogens with one attached hydrogen (secondary N) is 2. The molecule has 9 nitrogen and oxygen atoms in total. The topological polar surface area (TPSA) is 102 Å². The fourth-order valence-corrected chi connectivity index (χ4v) is 4.81. The highest BCUT2D eigenvalue weighted by Crippen LogP contribution is 2.32. The van der Waals surface area contributed by atoms with E-state index in [1.165, 1.54) is 0 Å². The molecule has 1 fully saturated rings. The number of aromatic nitrogens is 4. The van der Waals surface area contributed by atoms with Gasteiger partial charge in [-0.1, -0.05) is 23.7 Å². The third kappa shape index (κ3) is 5.60. The fraction of sp³-hybridized carbons (Fsp3) is 0.321. The number of H-pyrrole nitrogens is 1. The van der Waals surface area contributed by atoms with E-state index in [4.69, 9.17) is 16.7 Å². The molecule has 3 N–H and O–H groups in total. The quantitative estimate of drug-likeness (QED) is 0.307. The number of carbonyl (C=O) groups is 1. The third-order valence-electron chi connectivity index (χ3n) is 6.79. The maximum Gasteiger partial charge on any atom is 0.273 e. The van der Waals surface area contributed by atoms with Crippen LogP contribution in [0.25, 0.3) is 22.8 Å². The standard InChI is InChI=1S/C28H32ClN7O2/c1-19(2)36-18-31-25(20-3-5-21(29)6-4-20)26(36)27-30-17-24(33-27)28(38)32-22-7-9-23(10-8-22)35-13-11-34(12-14-35)15-16-37/h3-10,17-19,37H,11-16H2,1-2H3,(H,30,33)(H,32,38). The Kier molecular flexibility index (Phi) is 7.78. The second-order valence-corrected chi connectivity index (χ2v) is 10.1. The zero-order valence-electron chi connectivity index (χ0n) is 21.6. The molecule has 1 aliphatic rings. The van der Waals surface area contributed by atoms with Crippen molar-refractivity contribution in [1.29, 1.82) is 0 Å². The number of anilines is 2. The summed E-state index contributed by atoms with van der Waals surface area (Å²) in [5.41, 5.74) is 4.69. The molecule has 0 bridgehead atoms. The zero-order valence-corrected chi connectivity index (χ0v) is 22.3. The predicted molar refractivity (Wildman–Crippen MR) is 151 cm³/mol. The van der Waals surface area contributed by atoms with E-state index in [0.29, 0.717) is 22.2 Å². The van der Waals surface area contributed by atoms with Gasteiger partial charge in [0.25, 0.3) is 5.91 Å². The lowest BCUT2D eigenvalue weighted by molar-refractivity contribution is 0.102. The lowest BCUT2D eigenvalue weighted by Crippen LogP contribution is -2.47. The van der Waals surface area contributed by atoms with Gasteiger partial charge in [0, 0.05) is 60.7 Å². The zero-order chi connectivity index (χ0) is 26.6. The van der Waals surface area contributed by atoms with E-state index >= 15 is 0 Å². The first kappa shape index (κ1) is 26.0. The molecule has 38 heavy (non-hydrogen) atoms. The van der Waals surface area contributed by atoms with Gasteiger partial charge in [0.15, 0.2) is 5.82 Å². The summed E-state index contributed by atoms with van der Waals surface area (Å²) in [6, 6.07) is 15.5. The molecule has 0 unspecified atom stereocenters. The number of hydrogen-bond acceptors (Lipinski definition) is 6. The summed E-state index contributed by atoms with van der Waals surface area (Å²) < 4.78 is 2.03. The summed E-state index contributed by atoms with van der Waals surface area (Å²) in [7, 11) is 0. The summed E-state index contributed by atoms with van der Waals surface area (Å²) >= 11 is 6.08. The molecule has 4 aromatic rings. The number of halogens is 1. The Morgan fingerprint density at radius 1 is 1.05 bits per heavy atom. The number of hydrogen-bond donors (Lipinski definition) is 3. The Hall–Kier alpha value is -3.66. The molecule has 198 valence electrons. The second kappa shape index (κ2) is 11.4. The normalized spacial score (nSPS) is 14.3. The number of aliphatic hydroxyl groups is 1. The maximum absolute atomic E-state index is 13.0. The van der Waals surface area contributed by atoms with Crippen LogP contribution in [0.3, 0.4) is 0 Å². The Morgan fingerprint density at radius 3 is 2.42 bits per heavy atom. The van der Waals surface area contributed by atoms with E-state index in [1.807, 2.05) is 53.1 Å². The van der Waals surface area contributed by atoms with Crippen LogP contribution in [0.5, 0.6) is 0 Å². The van der Waals surface area contributed by atoms with Gasteiger partial charge in [0.2, 0.25) is 0 Å². The molecule has 2 aromatic carbocycles. The average Bonchev–Trinajstić information content (AvgIpc) is 3.58. The van der Waals surface area contributed by atoms with E-state index in [1.54, 1.807) is 12.5 Å². The van der Waals surface area contributed by atoms with E-state index < -0.39 is 0 Å². The van der Waals surface area contributed by atoms with Gasteiger partial charge in [0.1, 0.15) is 11.4 Å². The Balaban J connectivity index is 1.30. The van der Waals surface area contributed by atoms with E-state index in [2.05, 4.69) is 43.9 Å². The van der Waals surface area contributed by atoms with Gasteiger partial charge in [-0.05, 0) is 50.2 Å². The molecule has 0 aliphatic carbocycles. The molecular weight excluding hydrogens is 502 g/mol. The monoisotopic (exact) mass is 533 g/mol. The van der Waals surface area contributed by atoms with Gasteiger partial charge >= 0.3 is 0 Å². The maximum atomic E-state index is 13.0. The molecule has 0 spiro atoms. The van der Waals surface area contributed by atoms with Crippen molar-refractivity contribution in [2.24, 2.45) is 0 Å². The summed E-state index contributed by atoms with van der Waals surface area (Å²) in [6.45, 7) is 8.74. The first-order valence-electron chi connectivity index (χ1n) is 12.8. The lowest BCUT2D eigenvalue weighted by Gasteiger charge is -2.35. The van der Waals surface area contributed by atoms with Crippen molar-refractivity contribution in [2.45, 2.75) is 19.9 Å². The molecule has 2 aromatic heterocycles. The number of β-amino-alcohol motifs (C(OH)–C–C–N with tert-alkyl or cyclic N) is 1. The van der Waals surface area contributed by atoms with Crippen LogP contribution in [-0.2, 0) is 0 Å². The number of aromatic amines is 1. The first-order valence-corrected chi connectivity index (χ1v) is 13.2. The van der Waals surface area contributed by atoms with Crippen LogP contribution in [0.2, 0.25) is 5.02 Å². The van der Waals surface area contributed by atoms with Gasteiger partial charge in [-0.15, -0.1) is 0 Å². The molecule has 0 radical (unpaired) electrons. The lowest BCUT2D eigenvalue weighted by atomic mass is 10.1. The van der Waals surface area contributed by atoms with Crippen LogP contribution >= 0.6 is 11.6 Å². The van der Waals surface area contributed by atoms with Crippen LogP contribution < -0.4 is 10.2 Å². The SMILES string of the molecule is CC(C)n1cnc(-c2ccc(Cl)cc2)c1-c1ncc(C(=O)Nc2ccc(N3CCN(CCO)CC3)cc2)[nH]1. The van der Waals surface area contributed by atoms with Crippen LogP contribution in [0, 0.1) is 0 Å². The van der Waals surface area contributed by atoms with Gasteiger partial charge in [-0.3, -0.25) is 9.69 Å². The third-order valence-corrected chi connectivity index (χ3v) is 7.04. The molecule has 3 heterocycles. The van der Waals surface area contributed by atoms with Crippen molar-refractivity contribution in [3.05, 3.63) is 71.8 Å². The van der Waals surface area contributed by atoms with Crippen molar-refractivity contribution >= 4 is 28.9 Å². The minimum absolute atomic E-state index is 0.150. The second-order valence-electron chi connectivity index (χ2n) is 9.65. The number of carbonyl (C=O) groups excluding carboxylic acids is 1. The molecule has 1 amide bonds. The molecule has 1 aliphatic heterocycles. The first-order chi connectivity index (χ1) is 18.4. The van der Waals surface area contributed by atoms with Gasteiger partial charge in [0.05, 0.1) is 24.8 Å². The minimum atomic E-state index is -0.266. The number of imidazole rings is 2. The van der Waals surface area contributed by atoms with Crippen LogP contribution in [0.15, 0.2) is 61.1 Å². The summed E-state index contributed by atoms with van der Waals surface area (Å²) in [5, 5.41) is 12.7. The molecule has 10 heteroatoms. The van der Waals surface area contributed by atoms with Crippen molar-refractivity contribution in [3.63, 3.8) is 0 Å². The van der Waals surface area contributed by atoms with Crippen molar-refractivity contribution in [3.8, 4) is 22.8 Å². The number of rotatable bonds is 8. The highest BCUT2D eigenvalue weighted by atomic mass is 35.5. The number of benzene rings is 2. The summed E-state index contributed by atoms with van der Waals surface area (Å²) in [4.78, 5) is 30.0.